The number of carbonyl (C=O) groups is 1. The minimum absolute atomic E-state index is 0.145. The van der Waals surface area contributed by atoms with E-state index in [0.717, 1.165) is 4.90 Å². The third-order valence-corrected chi connectivity index (χ3v) is 3.82. The standard InChI is InChI=1S/C16H13ClF2N2O3/c1-9(22)12-3-2-4-13-14(12)24-16(18,19)15(23)21(13)8-11-7-10(17)5-6-20-11/h2-7,9,22H,8H2,1H3/t9-/m1/s1. The molecule has 1 aliphatic heterocycles. The van der Waals surface area contributed by atoms with Gasteiger partial charge in [0.1, 0.15) is 0 Å². The highest BCUT2D eigenvalue weighted by atomic mass is 35.5. The van der Waals surface area contributed by atoms with E-state index in [-0.39, 0.29) is 23.5 Å². The molecule has 1 aliphatic rings. The molecule has 0 spiro atoms. The van der Waals surface area contributed by atoms with Crippen LogP contribution >= 0.6 is 11.6 Å². The molecular weight excluding hydrogens is 342 g/mol. The molecule has 0 unspecified atom stereocenters. The van der Waals surface area contributed by atoms with E-state index in [1.807, 2.05) is 0 Å². The van der Waals surface area contributed by atoms with Crippen molar-refractivity contribution in [1.82, 2.24) is 4.98 Å². The SMILES string of the molecule is C[C@@H](O)c1cccc2c1OC(F)(F)C(=O)N2Cc1cc(Cl)ccn1. The van der Waals surface area contributed by atoms with Crippen molar-refractivity contribution in [2.75, 3.05) is 4.90 Å². The molecule has 0 bridgehead atoms. The number of aromatic nitrogens is 1. The Hall–Kier alpha value is -2.25. The summed E-state index contributed by atoms with van der Waals surface area (Å²) in [6.07, 6.45) is -3.64. The number of para-hydroxylation sites is 1. The van der Waals surface area contributed by atoms with E-state index in [9.17, 15) is 18.7 Å². The predicted molar refractivity (Wildman–Crippen MR) is 83.1 cm³/mol. The van der Waals surface area contributed by atoms with Gasteiger partial charge in [-0.2, -0.15) is 8.78 Å². The first-order valence-electron chi connectivity index (χ1n) is 7.10. The molecule has 1 aromatic heterocycles. The van der Waals surface area contributed by atoms with Gasteiger partial charge in [-0.3, -0.25) is 14.7 Å². The number of fused-ring (bicyclic) bond motifs is 1. The average Bonchev–Trinajstić information content (AvgIpc) is 2.51. The maximum atomic E-state index is 14.0. The fourth-order valence-electron chi connectivity index (χ4n) is 2.49. The Labute approximate surface area is 141 Å². The van der Waals surface area contributed by atoms with Crippen LogP contribution in [0.5, 0.6) is 5.75 Å². The minimum Gasteiger partial charge on any atom is -0.423 e. The molecule has 2 aromatic rings. The Morgan fingerprint density at radius 3 is 2.83 bits per heavy atom. The van der Waals surface area contributed by atoms with Gasteiger partial charge in [-0.1, -0.05) is 23.7 Å². The van der Waals surface area contributed by atoms with Crippen LogP contribution in [0.4, 0.5) is 14.5 Å². The number of benzene rings is 1. The highest BCUT2D eigenvalue weighted by molar-refractivity contribution is 6.30. The molecule has 24 heavy (non-hydrogen) atoms. The molecule has 0 aliphatic carbocycles. The van der Waals surface area contributed by atoms with Gasteiger partial charge in [0.2, 0.25) is 0 Å². The Bertz CT molecular complexity index is 799. The molecule has 2 heterocycles. The molecule has 1 N–H and O–H groups in total. The fourth-order valence-corrected chi connectivity index (χ4v) is 2.67. The largest absolute Gasteiger partial charge is 0.483 e. The molecule has 8 heteroatoms. The van der Waals surface area contributed by atoms with Crippen molar-refractivity contribution in [3.63, 3.8) is 0 Å². The second-order valence-corrected chi connectivity index (χ2v) is 5.78. The zero-order chi connectivity index (χ0) is 17.5. The van der Waals surface area contributed by atoms with Gasteiger partial charge < -0.3 is 9.84 Å². The molecule has 0 saturated carbocycles. The van der Waals surface area contributed by atoms with Gasteiger partial charge in [0.05, 0.1) is 24.0 Å². The summed E-state index contributed by atoms with van der Waals surface area (Å²) in [6.45, 7) is 1.23. The van der Waals surface area contributed by atoms with Crippen LogP contribution in [0.15, 0.2) is 36.5 Å². The Morgan fingerprint density at radius 2 is 2.17 bits per heavy atom. The fraction of sp³-hybridized carbons (Fsp3) is 0.250. The number of nitrogens with zero attached hydrogens (tertiary/aromatic N) is 2. The number of aliphatic hydroxyl groups excluding tert-OH is 1. The van der Waals surface area contributed by atoms with Crippen LogP contribution in [0.1, 0.15) is 24.3 Å². The summed E-state index contributed by atoms with van der Waals surface area (Å²) in [4.78, 5) is 17.0. The van der Waals surface area contributed by atoms with Gasteiger partial charge >= 0.3 is 12.0 Å². The van der Waals surface area contributed by atoms with Crippen LogP contribution in [-0.4, -0.2) is 22.1 Å². The molecule has 5 nitrogen and oxygen atoms in total. The van der Waals surface area contributed by atoms with Crippen molar-refractivity contribution in [2.45, 2.75) is 25.7 Å². The lowest BCUT2D eigenvalue weighted by molar-refractivity contribution is -0.193. The number of ether oxygens (including phenoxy) is 1. The molecule has 1 aromatic carbocycles. The normalized spacial score (nSPS) is 17.2. The Morgan fingerprint density at radius 1 is 1.42 bits per heavy atom. The van der Waals surface area contributed by atoms with E-state index >= 15 is 0 Å². The summed E-state index contributed by atoms with van der Waals surface area (Å²) < 4.78 is 32.6. The minimum atomic E-state index is -4.03. The van der Waals surface area contributed by atoms with Crippen molar-refractivity contribution in [2.24, 2.45) is 0 Å². The number of halogens is 3. The quantitative estimate of drug-likeness (QED) is 0.918. The summed E-state index contributed by atoms with van der Waals surface area (Å²) in [5.41, 5.74) is 0.664. The van der Waals surface area contributed by atoms with E-state index in [2.05, 4.69) is 9.72 Å². The van der Waals surface area contributed by atoms with Crippen LogP contribution < -0.4 is 9.64 Å². The monoisotopic (exact) mass is 354 g/mol. The van der Waals surface area contributed by atoms with Crippen molar-refractivity contribution in [1.29, 1.82) is 0 Å². The highest BCUT2D eigenvalue weighted by Gasteiger charge is 2.51. The van der Waals surface area contributed by atoms with Crippen LogP contribution in [-0.2, 0) is 11.3 Å². The van der Waals surface area contributed by atoms with Gasteiger partial charge in [-0.05, 0) is 25.1 Å². The number of anilines is 1. The zero-order valence-corrected chi connectivity index (χ0v) is 13.3. The number of rotatable bonds is 3. The lowest BCUT2D eigenvalue weighted by Crippen LogP contribution is -2.50. The second kappa shape index (κ2) is 5.99. The van der Waals surface area contributed by atoms with Crippen LogP contribution in [0, 0.1) is 0 Å². The van der Waals surface area contributed by atoms with Crippen molar-refractivity contribution in [3.05, 3.63) is 52.8 Å². The predicted octanol–water partition coefficient (Wildman–Crippen LogP) is 3.31. The summed E-state index contributed by atoms with van der Waals surface area (Å²) >= 11 is 5.87. The number of hydrogen-bond donors (Lipinski definition) is 1. The zero-order valence-electron chi connectivity index (χ0n) is 12.5. The Balaban J connectivity index is 2.09. The van der Waals surface area contributed by atoms with Crippen molar-refractivity contribution in [3.8, 4) is 5.75 Å². The first kappa shape index (κ1) is 16.6. The van der Waals surface area contributed by atoms with Crippen molar-refractivity contribution < 1.29 is 23.4 Å². The first-order chi connectivity index (χ1) is 11.3. The lowest BCUT2D eigenvalue weighted by Gasteiger charge is -2.34. The smallest absolute Gasteiger partial charge is 0.423 e. The van der Waals surface area contributed by atoms with Crippen LogP contribution in [0.25, 0.3) is 0 Å². The third kappa shape index (κ3) is 2.92. The van der Waals surface area contributed by atoms with Gasteiger partial charge in [0.15, 0.2) is 5.75 Å². The van der Waals surface area contributed by atoms with E-state index < -0.39 is 18.1 Å². The maximum absolute atomic E-state index is 14.0. The molecule has 1 amide bonds. The van der Waals surface area contributed by atoms with Gasteiger partial charge in [-0.15, -0.1) is 0 Å². The second-order valence-electron chi connectivity index (χ2n) is 5.35. The molecule has 3 rings (SSSR count). The number of aliphatic hydroxyl groups is 1. The maximum Gasteiger partial charge on any atom is 0.483 e. The number of pyridine rings is 1. The van der Waals surface area contributed by atoms with Gasteiger partial charge in [0, 0.05) is 16.8 Å². The summed E-state index contributed by atoms with van der Waals surface area (Å²) in [6, 6.07) is 7.52. The van der Waals surface area contributed by atoms with E-state index in [4.69, 9.17) is 11.6 Å². The topological polar surface area (TPSA) is 62.7 Å². The molecule has 1 atom stereocenters. The van der Waals surface area contributed by atoms with Crippen LogP contribution in [0.2, 0.25) is 5.02 Å². The van der Waals surface area contributed by atoms with Gasteiger partial charge in [0.25, 0.3) is 0 Å². The first-order valence-corrected chi connectivity index (χ1v) is 7.47. The number of hydrogen-bond acceptors (Lipinski definition) is 4. The molecular formula is C16H13ClF2N2O3. The highest BCUT2D eigenvalue weighted by Crippen LogP contribution is 2.44. The summed E-state index contributed by atoms with van der Waals surface area (Å²) in [5, 5.41) is 10.2. The average molecular weight is 355 g/mol. The molecule has 0 radical (unpaired) electrons. The number of amides is 1. The Kier molecular flexibility index (Phi) is 4.15. The number of carbonyl (C=O) groups excluding carboxylic acids is 1. The molecule has 0 fully saturated rings. The molecule has 0 saturated heterocycles. The third-order valence-electron chi connectivity index (χ3n) is 3.59. The van der Waals surface area contributed by atoms with Crippen molar-refractivity contribution >= 4 is 23.2 Å². The van der Waals surface area contributed by atoms with Gasteiger partial charge in [-0.25, -0.2) is 0 Å². The number of alkyl halides is 2. The van der Waals surface area contributed by atoms with E-state index in [0.29, 0.717) is 10.7 Å². The van der Waals surface area contributed by atoms with E-state index in [1.54, 1.807) is 12.1 Å². The summed E-state index contributed by atoms with van der Waals surface area (Å²) in [5.74, 6) is -1.72. The summed E-state index contributed by atoms with van der Waals surface area (Å²) in [7, 11) is 0. The van der Waals surface area contributed by atoms with E-state index in [1.165, 1.54) is 31.3 Å². The lowest BCUT2D eigenvalue weighted by atomic mass is 10.1. The van der Waals surface area contributed by atoms with Crippen LogP contribution in [0.3, 0.4) is 0 Å². The molecule has 126 valence electrons.